The summed E-state index contributed by atoms with van der Waals surface area (Å²) in [6.07, 6.45) is 0. The zero-order valence-corrected chi connectivity index (χ0v) is 6.22. The zero-order chi connectivity index (χ0) is 6.78. The molecule has 0 aliphatic rings. The minimum Gasteiger partial charge on any atom is -0.466 e. The summed E-state index contributed by atoms with van der Waals surface area (Å²) in [5.74, 6) is -0.873. The van der Waals surface area contributed by atoms with Crippen molar-refractivity contribution in [1.82, 2.24) is 0 Å². The standard InChI is InChI=1S/C3H3Cl3O2/c1-8-2(7)3(4,5)6/h1H3. The summed E-state index contributed by atoms with van der Waals surface area (Å²) in [5.41, 5.74) is 0. The van der Waals surface area contributed by atoms with Gasteiger partial charge in [-0.3, -0.25) is 0 Å². The van der Waals surface area contributed by atoms with Crippen molar-refractivity contribution in [2.75, 3.05) is 7.11 Å². The van der Waals surface area contributed by atoms with Gasteiger partial charge in [-0.15, -0.1) is 0 Å². The Kier molecular flexibility index (Phi) is 2.88. The number of halogens is 3. The second-order valence-corrected chi connectivity index (χ2v) is 3.27. The molecule has 0 aromatic rings. The number of hydrogen-bond donors (Lipinski definition) is 0. The number of rotatable bonds is 0. The fourth-order valence-corrected chi connectivity index (χ4v) is 0.347. The number of alkyl halides is 3. The largest absolute Gasteiger partial charge is 0.466 e. The number of ether oxygens (including phenoxy) is 1. The first-order chi connectivity index (χ1) is 3.48. The maximum absolute atomic E-state index is 10.2. The number of carbonyl (C=O) groups excluding carboxylic acids is 1. The van der Waals surface area contributed by atoms with Gasteiger partial charge in [-0.25, -0.2) is 4.79 Å². The van der Waals surface area contributed by atoms with E-state index >= 15 is 0 Å². The fourth-order valence-electron chi connectivity index (χ4n) is 0.116. The first-order valence-corrected chi connectivity index (χ1v) is 2.77. The lowest BCUT2D eigenvalue weighted by atomic mass is 10.8. The maximum atomic E-state index is 10.2. The van der Waals surface area contributed by atoms with Gasteiger partial charge in [0.2, 0.25) is 0 Å². The highest BCUT2D eigenvalue weighted by Crippen LogP contribution is 2.26. The van der Waals surface area contributed by atoms with Crippen molar-refractivity contribution in [2.24, 2.45) is 0 Å². The van der Waals surface area contributed by atoms with E-state index in [9.17, 15) is 4.79 Å². The third-order valence-electron chi connectivity index (χ3n) is 0.417. The smallest absolute Gasteiger partial charge is 0.358 e. The van der Waals surface area contributed by atoms with Crippen LogP contribution < -0.4 is 0 Å². The number of esters is 1. The quantitative estimate of drug-likeness (QED) is 0.414. The molecule has 0 rings (SSSR count). The Morgan fingerprint density at radius 2 is 1.88 bits per heavy atom. The van der Waals surface area contributed by atoms with E-state index in [4.69, 9.17) is 34.8 Å². The van der Waals surface area contributed by atoms with Gasteiger partial charge >= 0.3 is 5.97 Å². The predicted octanol–water partition coefficient (Wildman–Crippen LogP) is 1.53. The minimum atomic E-state index is -1.94. The van der Waals surface area contributed by atoms with Crippen LogP contribution in [0.4, 0.5) is 0 Å². The third kappa shape index (κ3) is 2.60. The molecule has 0 N–H and O–H groups in total. The lowest BCUT2D eigenvalue weighted by Gasteiger charge is -2.05. The van der Waals surface area contributed by atoms with Gasteiger partial charge in [0.1, 0.15) is 0 Å². The zero-order valence-electron chi connectivity index (χ0n) is 3.95. The molecule has 0 saturated carbocycles. The normalized spacial score (nSPS) is 11.0. The van der Waals surface area contributed by atoms with Crippen LogP contribution >= 0.6 is 34.8 Å². The molecule has 0 aromatic heterocycles. The minimum absolute atomic E-state index is 0.873. The van der Waals surface area contributed by atoms with Gasteiger partial charge in [-0.1, -0.05) is 34.8 Å². The van der Waals surface area contributed by atoms with Crippen LogP contribution in [0.2, 0.25) is 0 Å². The average molecular weight is 177 g/mol. The molecule has 0 aliphatic heterocycles. The monoisotopic (exact) mass is 176 g/mol. The molecule has 0 spiro atoms. The molecule has 2 nitrogen and oxygen atoms in total. The molecule has 48 valence electrons. The Hall–Kier alpha value is 0.340. The molecule has 0 amide bonds. The first kappa shape index (κ1) is 8.34. The second-order valence-electron chi connectivity index (χ2n) is 0.989. The van der Waals surface area contributed by atoms with E-state index in [1.165, 1.54) is 0 Å². The highest BCUT2D eigenvalue weighted by atomic mass is 35.6. The van der Waals surface area contributed by atoms with Crippen molar-refractivity contribution in [3.8, 4) is 0 Å². The molecule has 0 aliphatic carbocycles. The molecule has 5 heteroatoms. The van der Waals surface area contributed by atoms with Crippen molar-refractivity contribution in [2.45, 2.75) is 3.79 Å². The molecule has 0 radical (unpaired) electrons. The van der Waals surface area contributed by atoms with Crippen LogP contribution in [0.25, 0.3) is 0 Å². The predicted molar refractivity (Wildman–Crippen MR) is 32.3 cm³/mol. The van der Waals surface area contributed by atoms with Crippen LogP contribution in [0.3, 0.4) is 0 Å². The van der Waals surface area contributed by atoms with Gasteiger partial charge in [-0.05, 0) is 0 Å². The summed E-state index contributed by atoms with van der Waals surface area (Å²) in [4.78, 5) is 10.2. The lowest BCUT2D eigenvalue weighted by Crippen LogP contribution is -2.19. The maximum Gasteiger partial charge on any atom is 0.358 e. The molecular formula is C3H3Cl3O2. The van der Waals surface area contributed by atoms with Gasteiger partial charge in [-0.2, -0.15) is 0 Å². The first-order valence-electron chi connectivity index (χ1n) is 1.63. The molecule has 0 heterocycles. The molecule has 0 saturated heterocycles. The Morgan fingerprint density at radius 3 is 1.88 bits per heavy atom. The van der Waals surface area contributed by atoms with E-state index in [2.05, 4.69) is 4.74 Å². The van der Waals surface area contributed by atoms with Crippen molar-refractivity contribution in [1.29, 1.82) is 0 Å². The molecule has 0 atom stereocenters. The summed E-state index contributed by atoms with van der Waals surface area (Å²) < 4.78 is 2.14. The highest BCUT2D eigenvalue weighted by Gasteiger charge is 2.31. The molecule has 0 bridgehead atoms. The van der Waals surface area contributed by atoms with E-state index in [0.717, 1.165) is 7.11 Å². The third-order valence-corrected chi connectivity index (χ3v) is 0.880. The van der Waals surface area contributed by atoms with Crippen LogP contribution in [0.1, 0.15) is 0 Å². The van der Waals surface area contributed by atoms with Crippen LogP contribution in [0, 0.1) is 0 Å². The van der Waals surface area contributed by atoms with Gasteiger partial charge in [0.15, 0.2) is 0 Å². The molecular weight excluding hydrogens is 174 g/mol. The van der Waals surface area contributed by atoms with Gasteiger partial charge < -0.3 is 4.74 Å². The van der Waals surface area contributed by atoms with Crippen LogP contribution in [0.15, 0.2) is 0 Å². The van der Waals surface area contributed by atoms with Gasteiger partial charge in [0, 0.05) is 0 Å². The summed E-state index contributed by atoms with van der Waals surface area (Å²) >= 11 is 15.1. The van der Waals surface area contributed by atoms with Crippen LogP contribution in [-0.4, -0.2) is 16.9 Å². The number of hydrogen-bond acceptors (Lipinski definition) is 2. The Bertz CT molecular complexity index is 95.2. The summed E-state index contributed by atoms with van der Waals surface area (Å²) in [7, 11) is 1.14. The Balaban J connectivity index is 3.82. The average Bonchev–Trinajstić information content (AvgIpc) is 1.62. The van der Waals surface area contributed by atoms with Crippen molar-refractivity contribution >= 4 is 40.8 Å². The molecule has 0 aromatic carbocycles. The summed E-state index contributed by atoms with van der Waals surface area (Å²) in [6.45, 7) is 0. The van der Waals surface area contributed by atoms with Crippen molar-refractivity contribution < 1.29 is 9.53 Å². The van der Waals surface area contributed by atoms with Crippen molar-refractivity contribution in [3.63, 3.8) is 0 Å². The van der Waals surface area contributed by atoms with Crippen LogP contribution in [0.5, 0.6) is 0 Å². The molecule has 8 heavy (non-hydrogen) atoms. The number of carbonyl (C=O) groups is 1. The van der Waals surface area contributed by atoms with E-state index in [1.54, 1.807) is 0 Å². The van der Waals surface area contributed by atoms with E-state index in [-0.39, 0.29) is 0 Å². The van der Waals surface area contributed by atoms with E-state index in [1.807, 2.05) is 0 Å². The van der Waals surface area contributed by atoms with E-state index in [0.29, 0.717) is 0 Å². The van der Waals surface area contributed by atoms with Crippen molar-refractivity contribution in [3.05, 3.63) is 0 Å². The second kappa shape index (κ2) is 2.76. The molecule has 0 fully saturated rings. The Morgan fingerprint density at radius 1 is 1.50 bits per heavy atom. The topological polar surface area (TPSA) is 26.3 Å². The fraction of sp³-hybridized carbons (Fsp3) is 0.667. The van der Waals surface area contributed by atoms with Crippen LogP contribution in [-0.2, 0) is 9.53 Å². The van der Waals surface area contributed by atoms with Gasteiger partial charge in [0.25, 0.3) is 3.79 Å². The number of methoxy groups -OCH3 is 1. The van der Waals surface area contributed by atoms with Gasteiger partial charge in [0.05, 0.1) is 7.11 Å². The Labute approximate surface area is 61.7 Å². The van der Waals surface area contributed by atoms with E-state index < -0.39 is 9.76 Å². The molecule has 0 unspecified atom stereocenters. The SMILES string of the molecule is COC(=O)C(Cl)(Cl)Cl. The summed E-state index contributed by atoms with van der Waals surface area (Å²) in [6, 6.07) is 0. The highest BCUT2D eigenvalue weighted by molar-refractivity contribution is 6.75. The lowest BCUT2D eigenvalue weighted by molar-refractivity contribution is -0.139. The summed E-state index contributed by atoms with van der Waals surface area (Å²) in [5, 5.41) is 0.